The van der Waals surface area contributed by atoms with Crippen LogP contribution in [0.15, 0.2) is 17.0 Å². The zero-order valence-corrected chi connectivity index (χ0v) is 13.2. The lowest BCUT2D eigenvalue weighted by Gasteiger charge is -2.41. The number of ether oxygens (including phenoxy) is 1. The summed E-state index contributed by atoms with van der Waals surface area (Å²) in [7, 11) is -3.85. The molecule has 0 aliphatic carbocycles. The highest BCUT2D eigenvalue weighted by Crippen LogP contribution is 2.30. The minimum atomic E-state index is -3.85. The third-order valence-corrected chi connectivity index (χ3v) is 5.91. The molecule has 1 saturated heterocycles. The molecule has 0 aromatic heterocycles. The Labute approximate surface area is 124 Å². The SMILES string of the molecule is Cc1c(F)cc(CO)cc1S(=O)(=O)N1CCOCC1(C)C. The van der Waals surface area contributed by atoms with Gasteiger partial charge in [0.2, 0.25) is 10.0 Å². The van der Waals surface area contributed by atoms with Crippen molar-refractivity contribution in [2.75, 3.05) is 19.8 Å². The van der Waals surface area contributed by atoms with Crippen molar-refractivity contribution in [3.63, 3.8) is 0 Å². The number of hydrogen-bond donors (Lipinski definition) is 1. The lowest BCUT2D eigenvalue weighted by molar-refractivity contribution is -0.00773. The molecule has 1 aromatic rings. The van der Waals surface area contributed by atoms with Crippen LogP contribution < -0.4 is 0 Å². The van der Waals surface area contributed by atoms with Gasteiger partial charge >= 0.3 is 0 Å². The molecule has 0 atom stereocenters. The summed E-state index contributed by atoms with van der Waals surface area (Å²) in [5, 5.41) is 9.16. The minimum absolute atomic E-state index is 0.0643. The van der Waals surface area contributed by atoms with Crippen molar-refractivity contribution in [3.8, 4) is 0 Å². The van der Waals surface area contributed by atoms with E-state index in [1.54, 1.807) is 13.8 Å². The van der Waals surface area contributed by atoms with Crippen LogP contribution in [0.25, 0.3) is 0 Å². The third kappa shape index (κ3) is 2.96. The van der Waals surface area contributed by atoms with E-state index in [-0.39, 0.29) is 29.2 Å². The average Bonchev–Trinajstić information content (AvgIpc) is 2.40. The number of sulfonamides is 1. The molecule has 0 spiro atoms. The van der Waals surface area contributed by atoms with Crippen LogP contribution in [0.4, 0.5) is 4.39 Å². The van der Waals surface area contributed by atoms with Crippen LogP contribution in [-0.2, 0) is 21.4 Å². The molecular formula is C14H20FNO4S. The van der Waals surface area contributed by atoms with Crippen LogP contribution in [0.2, 0.25) is 0 Å². The Bertz CT molecular complexity index is 643. The van der Waals surface area contributed by atoms with Gasteiger partial charge in [0.05, 0.1) is 30.3 Å². The van der Waals surface area contributed by atoms with Crippen LogP contribution in [0.1, 0.15) is 25.0 Å². The Balaban J connectivity index is 2.56. The van der Waals surface area contributed by atoms with Gasteiger partial charge in [-0.25, -0.2) is 12.8 Å². The predicted molar refractivity (Wildman–Crippen MR) is 75.8 cm³/mol. The Morgan fingerprint density at radius 2 is 2.10 bits per heavy atom. The summed E-state index contributed by atoms with van der Waals surface area (Å²) in [5.41, 5.74) is -0.396. The maximum atomic E-state index is 13.9. The first-order valence-corrected chi connectivity index (χ1v) is 8.14. The van der Waals surface area contributed by atoms with Gasteiger partial charge in [0, 0.05) is 12.1 Å². The molecule has 1 aliphatic rings. The maximum Gasteiger partial charge on any atom is 0.244 e. The normalized spacial score (nSPS) is 19.7. The zero-order valence-electron chi connectivity index (χ0n) is 12.4. The summed E-state index contributed by atoms with van der Waals surface area (Å²) >= 11 is 0. The molecule has 1 fully saturated rings. The van der Waals surface area contributed by atoms with Gasteiger partial charge in [0.15, 0.2) is 0 Å². The minimum Gasteiger partial charge on any atom is -0.392 e. The number of rotatable bonds is 3. The van der Waals surface area contributed by atoms with Gasteiger partial charge in [-0.15, -0.1) is 0 Å². The van der Waals surface area contributed by atoms with Crippen molar-refractivity contribution >= 4 is 10.0 Å². The number of halogens is 1. The van der Waals surface area contributed by atoms with E-state index in [9.17, 15) is 12.8 Å². The molecule has 21 heavy (non-hydrogen) atoms. The van der Waals surface area contributed by atoms with Crippen molar-refractivity contribution in [3.05, 3.63) is 29.1 Å². The summed E-state index contributed by atoms with van der Waals surface area (Å²) in [6, 6.07) is 2.48. The van der Waals surface area contributed by atoms with Gasteiger partial charge in [-0.2, -0.15) is 4.31 Å². The van der Waals surface area contributed by atoms with Crippen molar-refractivity contribution in [2.45, 2.75) is 37.8 Å². The third-order valence-electron chi connectivity index (χ3n) is 3.68. The van der Waals surface area contributed by atoms with Crippen molar-refractivity contribution in [1.82, 2.24) is 4.31 Å². The standard InChI is InChI=1S/C14H20FNO4S/c1-10-12(15)6-11(8-17)7-13(10)21(18,19)16-4-5-20-9-14(16,2)3/h6-7,17H,4-5,8-9H2,1-3H3. The van der Waals surface area contributed by atoms with E-state index in [0.717, 1.165) is 6.07 Å². The predicted octanol–water partition coefficient (Wildman–Crippen LogP) is 1.43. The van der Waals surface area contributed by atoms with Crippen molar-refractivity contribution in [2.24, 2.45) is 0 Å². The average molecular weight is 317 g/mol. The maximum absolute atomic E-state index is 13.9. The van der Waals surface area contributed by atoms with Crippen LogP contribution >= 0.6 is 0 Å². The summed E-state index contributed by atoms with van der Waals surface area (Å²) in [5.74, 6) is -0.633. The second-order valence-corrected chi connectivity index (χ2v) is 7.63. The Morgan fingerprint density at radius 1 is 1.43 bits per heavy atom. The molecule has 0 saturated carbocycles. The largest absolute Gasteiger partial charge is 0.392 e. The molecule has 7 heteroatoms. The lowest BCUT2D eigenvalue weighted by atomic mass is 10.1. The Morgan fingerprint density at radius 3 is 2.67 bits per heavy atom. The molecule has 118 valence electrons. The summed E-state index contributed by atoms with van der Waals surface area (Å²) in [6.07, 6.45) is 0. The van der Waals surface area contributed by atoms with Crippen LogP contribution in [0.3, 0.4) is 0 Å². The van der Waals surface area contributed by atoms with Gasteiger partial charge in [-0.1, -0.05) is 0 Å². The van der Waals surface area contributed by atoms with E-state index >= 15 is 0 Å². The topological polar surface area (TPSA) is 66.8 Å². The van der Waals surface area contributed by atoms with Crippen molar-refractivity contribution < 1.29 is 22.7 Å². The first-order chi connectivity index (χ1) is 9.70. The smallest absolute Gasteiger partial charge is 0.244 e. The van der Waals surface area contributed by atoms with Gasteiger partial charge < -0.3 is 9.84 Å². The molecule has 1 heterocycles. The fourth-order valence-corrected chi connectivity index (χ4v) is 4.51. The summed E-state index contributed by atoms with van der Waals surface area (Å²) in [6.45, 7) is 5.37. The van der Waals surface area contributed by atoms with E-state index in [0.29, 0.717) is 6.61 Å². The molecule has 5 nitrogen and oxygen atoms in total. The van der Waals surface area contributed by atoms with E-state index in [4.69, 9.17) is 9.84 Å². The van der Waals surface area contributed by atoms with Gasteiger partial charge in [-0.3, -0.25) is 0 Å². The number of aliphatic hydroxyl groups is 1. The van der Waals surface area contributed by atoms with Gasteiger partial charge in [0.1, 0.15) is 5.82 Å². The second kappa shape index (κ2) is 5.64. The highest BCUT2D eigenvalue weighted by molar-refractivity contribution is 7.89. The quantitative estimate of drug-likeness (QED) is 0.916. The number of aliphatic hydroxyl groups excluding tert-OH is 1. The highest BCUT2D eigenvalue weighted by atomic mass is 32.2. The van der Waals surface area contributed by atoms with E-state index in [2.05, 4.69) is 0 Å². The Kier molecular flexibility index (Phi) is 4.39. The second-order valence-electron chi connectivity index (χ2n) is 5.80. The molecule has 1 aliphatic heterocycles. The first-order valence-electron chi connectivity index (χ1n) is 6.70. The molecule has 0 unspecified atom stereocenters. The molecule has 0 bridgehead atoms. The van der Waals surface area contributed by atoms with Crippen LogP contribution in [0.5, 0.6) is 0 Å². The molecule has 0 amide bonds. The Hall–Kier alpha value is -1.02. The lowest BCUT2D eigenvalue weighted by Crippen LogP contribution is -2.55. The zero-order chi connectivity index (χ0) is 15.8. The number of nitrogens with zero attached hydrogens (tertiary/aromatic N) is 1. The first kappa shape index (κ1) is 16.4. The van der Waals surface area contributed by atoms with Gasteiger partial charge in [0.25, 0.3) is 0 Å². The fourth-order valence-electron chi connectivity index (χ4n) is 2.47. The highest BCUT2D eigenvalue weighted by Gasteiger charge is 2.40. The molecule has 2 rings (SSSR count). The van der Waals surface area contributed by atoms with E-state index in [1.807, 2.05) is 0 Å². The molecule has 0 radical (unpaired) electrons. The summed E-state index contributed by atoms with van der Waals surface area (Å²) < 4.78 is 46.3. The van der Waals surface area contributed by atoms with Crippen LogP contribution in [0, 0.1) is 12.7 Å². The fraction of sp³-hybridized carbons (Fsp3) is 0.571. The number of benzene rings is 1. The molecule has 1 N–H and O–H groups in total. The summed E-state index contributed by atoms with van der Waals surface area (Å²) in [4.78, 5) is -0.0958. The van der Waals surface area contributed by atoms with Crippen LogP contribution in [-0.4, -0.2) is 43.1 Å². The molecule has 1 aromatic carbocycles. The van der Waals surface area contributed by atoms with Crippen molar-refractivity contribution in [1.29, 1.82) is 0 Å². The van der Waals surface area contributed by atoms with E-state index in [1.165, 1.54) is 17.3 Å². The molecular weight excluding hydrogens is 297 g/mol. The number of morpholine rings is 1. The number of hydrogen-bond acceptors (Lipinski definition) is 4. The monoisotopic (exact) mass is 317 g/mol. The van der Waals surface area contributed by atoms with E-state index < -0.39 is 28.0 Å². The van der Waals surface area contributed by atoms with Gasteiger partial charge in [-0.05, 0) is 38.5 Å².